The third kappa shape index (κ3) is 4.57. The molecule has 0 unspecified atom stereocenters. The number of alkyl halides is 3. The van der Waals surface area contributed by atoms with E-state index in [-0.39, 0.29) is 22.5 Å². The first-order chi connectivity index (χ1) is 12.8. The Hall–Kier alpha value is -2.18. The average molecular weight is 377 g/mol. The molecule has 0 N–H and O–H groups in total. The number of hydrogen-bond donors (Lipinski definition) is 0. The second-order valence-electron chi connectivity index (χ2n) is 7.23. The van der Waals surface area contributed by atoms with E-state index in [1.807, 2.05) is 30.3 Å². The van der Waals surface area contributed by atoms with E-state index in [2.05, 4.69) is 4.90 Å². The zero-order valence-electron chi connectivity index (χ0n) is 15.4. The quantitative estimate of drug-likeness (QED) is 0.731. The van der Waals surface area contributed by atoms with Crippen LogP contribution in [0.25, 0.3) is 0 Å². The van der Waals surface area contributed by atoms with Crippen LogP contribution in [0.3, 0.4) is 0 Å². The van der Waals surface area contributed by atoms with Gasteiger partial charge >= 0.3 is 6.18 Å². The van der Waals surface area contributed by atoms with Gasteiger partial charge in [-0.25, -0.2) is 0 Å². The minimum atomic E-state index is -4.43. The van der Waals surface area contributed by atoms with Crippen LogP contribution in [-0.4, -0.2) is 43.4 Å². The summed E-state index contributed by atoms with van der Waals surface area (Å²) in [6, 6.07) is 15.7. The van der Waals surface area contributed by atoms with Crippen LogP contribution in [0.4, 0.5) is 18.9 Å². The molecule has 1 fully saturated rings. The molecule has 0 bridgehead atoms. The summed E-state index contributed by atoms with van der Waals surface area (Å²) < 4.78 is 40.8. The maximum atomic E-state index is 13.6. The number of nitrogens with zero attached hydrogens (tertiary/aromatic N) is 2. The van der Waals surface area contributed by atoms with E-state index in [0.717, 1.165) is 12.6 Å². The molecule has 1 aliphatic rings. The second-order valence-corrected chi connectivity index (χ2v) is 7.23. The van der Waals surface area contributed by atoms with Crippen LogP contribution in [0.5, 0.6) is 0 Å². The lowest BCUT2D eigenvalue weighted by atomic mass is 10.1. The number of carbonyl (C=O) groups excluding carboxylic acids is 1. The van der Waals surface area contributed by atoms with Gasteiger partial charge in [0.2, 0.25) is 0 Å². The summed E-state index contributed by atoms with van der Waals surface area (Å²) in [5, 5.41) is 0. The molecule has 0 aromatic heterocycles. The first-order valence-electron chi connectivity index (χ1n) is 9.09. The molecule has 1 heterocycles. The number of para-hydroxylation sites is 1. The fraction of sp³-hybridized carbons (Fsp3) is 0.381. The predicted octanol–water partition coefficient (Wildman–Crippen LogP) is 4.12. The van der Waals surface area contributed by atoms with E-state index >= 15 is 0 Å². The molecule has 3 rings (SSSR count). The molecule has 2 aromatic carbocycles. The van der Waals surface area contributed by atoms with E-state index in [1.54, 1.807) is 6.07 Å². The molecule has 1 saturated heterocycles. The van der Waals surface area contributed by atoms with Crippen LogP contribution in [0.15, 0.2) is 54.6 Å². The van der Waals surface area contributed by atoms with Crippen molar-refractivity contribution in [3.63, 3.8) is 0 Å². The van der Waals surface area contributed by atoms with Crippen LogP contribution in [-0.2, 0) is 17.5 Å². The van der Waals surface area contributed by atoms with Crippen LogP contribution < -0.4 is 4.48 Å². The highest BCUT2D eigenvalue weighted by atomic mass is 19.4. The van der Waals surface area contributed by atoms with Crippen molar-refractivity contribution in [3.8, 4) is 0 Å². The molecule has 6 heteroatoms. The molecule has 3 nitrogen and oxygen atoms in total. The van der Waals surface area contributed by atoms with Crippen LogP contribution >= 0.6 is 0 Å². The number of Topliss-reactive ketones (excluding diaryl/α,β-unsaturated/α-hetero) is 1. The minimum Gasteiger partial charge on any atom is -0.294 e. The highest BCUT2D eigenvalue weighted by Crippen LogP contribution is 2.40. The van der Waals surface area contributed by atoms with Gasteiger partial charge in [-0.05, 0) is 17.7 Å². The fourth-order valence-electron chi connectivity index (χ4n) is 3.93. The molecular formula is C21H24F3N2O+. The van der Waals surface area contributed by atoms with Crippen molar-refractivity contribution < 1.29 is 18.0 Å². The summed E-state index contributed by atoms with van der Waals surface area (Å²) in [5.41, 5.74) is 0.752. The van der Waals surface area contributed by atoms with E-state index < -0.39 is 11.7 Å². The number of piperazine rings is 1. The van der Waals surface area contributed by atoms with Gasteiger partial charge in [0.15, 0.2) is 5.78 Å². The lowest BCUT2D eigenvalue weighted by molar-refractivity contribution is -0.138. The smallest absolute Gasteiger partial charge is 0.294 e. The number of ketones is 1. The van der Waals surface area contributed by atoms with Crippen molar-refractivity contribution in [1.29, 1.82) is 0 Å². The first kappa shape index (κ1) is 19.6. The minimum absolute atomic E-state index is 0.0658. The van der Waals surface area contributed by atoms with Gasteiger partial charge < -0.3 is 0 Å². The van der Waals surface area contributed by atoms with Gasteiger partial charge in [-0.1, -0.05) is 42.5 Å². The Kier molecular flexibility index (Phi) is 5.67. The number of quaternary nitrogens is 1. The van der Waals surface area contributed by atoms with E-state index in [0.29, 0.717) is 26.2 Å². The van der Waals surface area contributed by atoms with Crippen molar-refractivity contribution in [3.05, 3.63) is 65.7 Å². The molecule has 144 valence electrons. The van der Waals surface area contributed by atoms with Gasteiger partial charge in [0, 0.05) is 26.6 Å². The van der Waals surface area contributed by atoms with Gasteiger partial charge in [-0.3, -0.25) is 14.2 Å². The monoisotopic (exact) mass is 377 g/mol. The topological polar surface area (TPSA) is 20.3 Å². The van der Waals surface area contributed by atoms with Gasteiger partial charge in [-0.15, -0.1) is 0 Å². The molecular weight excluding hydrogens is 353 g/mol. The number of hydrogen-bond acceptors (Lipinski definition) is 2. The summed E-state index contributed by atoms with van der Waals surface area (Å²) in [6.07, 6.45) is -4.43. The number of halogens is 3. The Morgan fingerprint density at radius 1 is 1.00 bits per heavy atom. The van der Waals surface area contributed by atoms with Crippen LogP contribution in [0, 0.1) is 0 Å². The van der Waals surface area contributed by atoms with Crippen molar-refractivity contribution in [2.75, 3.05) is 32.7 Å². The first-order valence-corrected chi connectivity index (χ1v) is 9.09. The maximum absolute atomic E-state index is 13.6. The van der Waals surface area contributed by atoms with E-state index in [4.69, 9.17) is 0 Å². The second kappa shape index (κ2) is 7.82. The largest absolute Gasteiger partial charge is 0.422 e. The molecule has 1 aliphatic heterocycles. The lowest BCUT2D eigenvalue weighted by Gasteiger charge is -2.44. The van der Waals surface area contributed by atoms with Crippen LogP contribution in [0.2, 0.25) is 0 Å². The number of rotatable bonds is 5. The van der Waals surface area contributed by atoms with Crippen molar-refractivity contribution in [2.24, 2.45) is 0 Å². The third-order valence-corrected chi connectivity index (χ3v) is 5.18. The molecule has 2 aromatic rings. The zero-order chi connectivity index (χ0) is 19.5. The summed E-state index contributed by atoms with van der Waals surface area (Å²) in [6.45, 7) is 4.57. The molecule has 27 heavy (non-hydrogen) atoms. The van der Waals surface area contributed by atoms with Gasteiger partial charge in [0.1, 0.15) is 17.8 Å². The molecule has 0 saturated carbocycles. The number of carbonyl (C=O) groups is 1. The third-order valence-electron chi connectivity index (χ3n) is 5.18. The van der Waals surface area contributed by atoms with Crippen molar-refractivity contribution in [1.82, 2.24) is 9.38 Å². The summed E-state index contributed by atoms with van der Waals surface area (Å²) in [5.74, 6) is -0.0940. The highest BCUT2D eigenvalue weighted by molar-refractivity contribution is 5.80. The Morgan fingerprint density at radius 3 is 2.19 bits per heavy atom. The number of benzene rings is 2. The molecule has 0 spiro atoms. The lowest BCUT2D eigenvalue weighted by Crippen LogP contribution is -2.62. The van der Waals surface area contributed by atoms with Crippen molar-refractivity contribution >= 4 is 11.5 Å². The zero-order valence-corrected chi connectivity index (χ0v) is 15.4. The van der Waals surface area contributed by atoms with Crippen LogP contribution in [0.1, 0.15) is 18.1 Å². The van der Waals surface area contributed by atoms with Crippen molar-refractivity contribution in [2.45, 2.75) is 19.6 Å². The normalized spacial score (nSPS) is 17.6. The summed E-state index contributed by atoms with van der Waals surface area (Å²) >= 11 is 0. The molecule has 0 radical (unpaired) electrons. The summed E-state index contributed by atoms with van der Waals surface area (Å²) in [4.78, 5) is 14.2. The Bertz CT molecular complexity index is 782. The Morgan fingerprint density at radius 2 is 1.59 bits per heavy atom. The van der Waals surface area contributed by atoms with Gasteiger partial charge in [-0.2, -0.15) is 13.2 Å². The van der Waals surface area contributed by atoms with Gasteiger partial charge in [0.25, 0.3) is 0 Å². The van der Waals surface area contributed by atoms with E-state index in [1.165, 1.54) is 24.6 Å². The van der Waals surface area contributed by atoms with Gasteiger partial charge in [0.05, 0.1) is 13.1 Å². The Labute approximate surface area is 157 Å². The molecule has 0 amide bonds. The summed E-state index contributed by atoms with van der Waals surface area (Å²) in [7, 11) is 0. The van der Waals surface area contributed by atoms with E-state index in [9.17, 15) is 18.0 Å². The maximum Gasteiger partial charge on any atom is 0.422 e. The Balaban J connectivity index is 1.85. The fourth-order valence-corrected chi connectivity index (χ4v) is 3.93. The predicted molar refractivity (Wildman–Crippen MR) is 100 cm³/mol. The highest BCUT2D eigenvalue weighted by Gasteiger charge is 2.44. The molecule has 0 aliphatic carbocycles. The standard InChI is InChI=1S/C21H24F3N2O/c1-17(27)16-26(20-10-6-5-9-19(20)21(22,23)24)13-11-25(12-14-26)15-18-7-3-2-4-8-18/h2-10H,11-16H2,1H3/q+1. The average Bonchev–Trinajstić information content (AvgIpc) is 2.63. The SMILES string of the molecule is CC(=O)C[N+]1(c2ccccc2C(F)(F)F)CCN(Cc2ccccc2)CC1. The molecule has 0 atom stereocenters.